The summed E-state index contributed by atoms with van der Waals surface area (Å²) < 4.78 is 14.0. The molecule has 1 saturated carbocycles. The van der Waals surface area contributed by atoms with Gasteiger partial charge in [-0.05, 0) is 65.5 Å². The third kappa shape index (κ3) is 3.57. The van der Waals surface area contributed by atoms with Gasteiger partial charge in [-0.1, -0.05) is 20.3 Å². The van der Waals surface area contributed by atoms with Gasteiger partial charge in [-0.15, -0.1) is 0 Å². The molecule has 2 rings (SSSR count). The average Bonchev–Trinajstić information content (AvgIpc) is 2.21. The van der Waals surface area contributed by atoms with Crippen molar-refractivity contribution in [2.24, 2.45) is 5.41 Å². The maximum absolute atomic E-state index is 13.0. The molecule has 1 atom stereocenters. The Balaban J connectivity index is 2.05. The monoisotopic (exact) mass is 347 g/mol. The van der Waals surface area contributed by atoms with Crippen LogP contribution in [0.2, 0.25) is 0 Å². The van der Waals surface area contributed by atoms with Crippen LogP contribution in [0.4, 0.5) is 10.1 Å². The molecule has 3 heteroatoms. The summed E-state index contributed by atoms with van der Waals surface area (Å²) in [6.07, 6.45) is 5.01. The second kappa shape index (κ2) is 5.12. The van der Waals surface area contributed by atoms with E-state index in [1.807, 2.05) is 6.07 Å². The van der Waals surface area contributed by atoms with Crippen LogP contribution in [0.15, 0.2) is 18.2 Å². The second-order valence-corrected chi connectivity index (χ2v) is 6.89. The number of hydrogen-bond acceptors (Lipinski definition) is 1. The first-order valence-corrected chi connectivity index (χ1v) is 7.26. The van der Waals surface area contributed by atoms with E-state index in [9.17, 15) is 4.39 Å². The third-order valence-corrected chi connectivity index (χ3v) is 4.39. The molecule has 0 amide bonds. The first-order valence-electron chi connectivity index (χ1n) is 6.18. The first kappa shape index (κ1) is 13.1. The average molecular weight is 347 g/mol. The summed E-state index contributed by atoms with van der Waals surface area (Å²) in [5, 5.41) is 3.56. The molecular weight excluding hydrogens is 328 g/mol. The van der Waals surface area contributed by atoms with Crippen molar-refractivity contribution < 1.29 is 4.39 Å². The summed E-state index contributed by atoms with van der Waals surface area (Å²) in [5.41, 5.74) is 1.50. The summed E-state index contributed by atoms with van der Waals surface area (Å²) in [6, 6.07) is 5.48. The fourth-order valence-electron chi connectivity index (χ4n) is 2.65. The summed E-state index contributed by atoms with van der Waals surface area (Å²) >= 11 is 2.19. The van der Waals surface area contributed by atoms with Gasteiger partial charge in [0.25, 0.3) is 0 Å². The molecule has 0 aromatic heterocycles. The number of halogens is 2. The lowest BCUT2D eigenvalue weighted by Gasteiger charge is -2.36. The standard InChI is InChI=1S/C14H19FIN/c1-14(2)7-3-4-11(9-14)17-13-6-5-10(15)8-12(13)16/h5-6,8,11,17H,3-4,7,9H2,1-2H3. The molecule has 1 unspecified atom stereocenters. The van der Waals surface area contributed by atoms with Crippen molar-refractivity contribution in [3.63, 3.8) is 0 Å². The maximum Gasteiger partial charge on any atom is 0.124 e. The molecule has 0 radical (unpaired) electrons. The van der Waals surface area contributed by atoms with Crippen molar-refractivity contribution in [1.29, 1.82) is 0 Å². The first-order chi connectivity index (χ1) is 7.96. The molecule has 1 aliphatic carbocycles. The van der Waals surface area contributed by atoms with Crippen molar-refractivity contribution in [1.82, 2.24) is 0 Å². The lowest BCUT2D eigenvalue weighted by atomic mass is 9.75. The van der Waals surface area contributed by atoms with Crippen molar-refractivity contribution in [3.8, 4) is 0 Å². The van der Waals surface area contributed by atoms with Gasteiger partial charge in [0, 0.05) is 15.3 Å². The maximum atomic E-state index is 13.0. The van der Waals surface area contributed by atoms with Gasteiger partial charge in [0.2, 0.25) is 0 Å². The Morgan fingerprint density at radius 3 is 2.82 bits per heavy atom. The molecule has 1 N–H and O–H groups in total. The quantitative estimate of drug-likeness (QED) is 0.757. The van der Waals surface area contributed by atoms with Crippen LogP contribution < -0.4 is 5.32 Å². The largest absolute Gasteiger partial charge is 0.381 e. The van der Waals surface area contributed by atoms with E-state index in [2.05, 4.69) is 41.8 Å². The minimum atomic E-state index is -0.163. The van der Waals surface area contributed by atoms with E-state index in [1.165, 1.54) is 31.7 Å². The highest BCUT2D eigenvalue weighted by Gasteiger charge is 2.27. The molecule has 0 bridgehead atoms. The van der Waals surface area contributed by atoms with Crippen LogP contribution in [-0.2, 0) is 0 Å². The Labute approximate surface area is 116 Å². The van der Waals surface area contributed by atoms with Crippen molar-refractivity contribution in [2.45, 2.75) is 45.6 Å². The zero-order valence-corrected chi connectivity index (χ0v) is 12.6. The second-order valence-electron chi connectivity index (χ2n) is 5.73. The molecule has 0 saturated heterocycles. The minimum Gasteiger partial charge on any atom is -0.381 e. The Bertz CT molecular complexity index is 403. The van der Waals surface area contributed by atoms with Crippen LogP contribution in [0, 0.1) is 14.8 Å². The molecule has 17 heavy (non-hydrogen) atoms. The topological polar surface area (TPSA) is 12.0 Å². The molecule has 0 heterocycles. The van der Waals surface area contributed by atoms with Gasteiger partial charge in [0.1, 0.15) is 5.82 Å². The molecule has 1 aromatic rings. The van der Waals surface area contributed by atoms with Crippen LogP contribution in [0.1, 0.15) is 39.5 Å². The van der Waals surface area contributed by atoms with Crippen LogP contribution >= 0.6 is 22.6 Å². The van der Waals surface area contributed by atoms with Crippen molar-refractivity contribution >= 4 is 28.3 Å². The fraction of sp³-hybridized carbons (Fsp3) is 0.571. The van der Waals surface area contributed by atoms with E-state index in [0.717, 1.165) is 9.26 Å². The molecule has 94 valence electrons. The Morgan fingerprint density at radius 2 is 2.18 bits per heavy atom. The number of hydrogen-bond donors (Lipinski definition) is 1. The lowest BCUT2D eigenvalue weighted by Crippen LogP contribution is -2.31. The predicted octanol–water partition coefficient (Wildman–Crippen LogP) is 4.81. The molecule has 0 aliphatic heterocycles. The predicted molar refractivity (Wildman–Crippen MR) is 78.8 cm³/mol. The number of anilines is 1. The van der Waals surface area contributed by atoms with Gasteiger partial charge in [0.15, 0.2) is 0 Å². The smallest absolute Gasteiger partial charge is 0.124 e. The zero-order valence-electron chi connectivity index (χ0n) is 10.4. The highest BCUT2D eigenvalue weighted by molar-refractivity contribution is 14.1. The van der Waals surface area contributed by atoms with Gasteiger partial charge in [-0.3, -0.25) is 0 Å². The van der Waals surface area contributed by atoms with E-state index in [0.29, 0.717) is 11.5 Å². The van der Waals surface area contributed by atoms with Crippen LogP contribution in [0.3, 0.4) is 0 Å². The molecular formula is C14H19FIN. The summed E-state index contributed by atoms with van der Waals surface area (Å²) in [6.45, 7) is 4.66. The SMILES string of the molecule is CC1(C)CCCC(Nc2ccc(F)cc2I)C1. The van der Waals surface area contributed by atoms with Crippen LogP contribution in [-0.4, -0.2) is 6.04 Å². The highest BCUT2D eigenvalue weighted by Crippen LogP contribution is 2.36. The molecule has 1 nitrogen and oxygen atoms in total. The summed E-state index contributed by atoms with van der Waals surface area (Å²) in [5.74, 6) is -0.163. The van der Waals surface area contributed by atoms with E-state index >= 15 is 0 Å². The van der Waals surface area contributed by atoms with Gasteiger partial charge in [-0.2, -0.15) is 0 Å². The van der Waals surface area contributed by atoms with E-state index in [-0.39, 0.29) is 5.82 Å². The lowest BCUT2D eigenvalue weighted by molar-refractivity contribution is 0.229. The zero-order chi connectivity index (χ0) is 12.5. The number of rotatable bonds is 2. The van der Waals surface area contributed by atoms with Gasteiger partial charge >= 0.3 is 0 Å². The van der Waals surface area contributed by atoms with E-state index < -0.39 is 0 Å². The van der Waals surface area contributed by atoms with Gasteiger partial charge < -0.3 is 5.32 Å². The van der Waals surface area contributed by atoms with Gasteiger partial charge in [0.05, 0.1) is 0 Å². The van der Waals surface area contributed by atoms with Gasteiger partial charge in [-0.25, -0.2) is 4.39 Å². The van der Waals surface area contributed by atoms with Crippen molar-refractivity contribution in [2.75, 3.05) is 5.32 Å². The fourth-order valence-corrected chi connectivity index (χ4v) is 3.28. The summed E-state index contributed by atoms with van der Waals surface area (Å²) in [4.78, 5) is 0. The van der Waals surface area contributed by atoms with E-state index in [1.54, 1.807) is 6.07 Å². The minimum absolute atomic E-state index is 0.163. The molecule has 1 aromatic carbocycles. The molecule has 1 aliphatic rings. The molecule has 1 fully saturated rings. The van der Waals surface area contributed by atoms with Crippen LogP contribution in [0.25, 0.3) is 0 Å². The summed E-state index contributed by atoms with van der Waals surface area (Å²) in [7, 11) is 0. The Kier molecular flexibility index (Phi) is 3.95. The molecule has 0 spiro atoms. The normalized spacial score (nSPS) is 23.4. The third-order valence-electron chi connectivity index (χ3n) is 3.50. The van der Waals surface area contributed by atoms with E-state index in [4.69, 9.17) is 0 Å². The van der Waals surface area contributed by atoms with Crippen LogP contribution in [0.5, 0.6) is 0 Å². The number of benzene rings is 1. The Morgan fingerprint density at radius 1 is 1.41 bits per heavy atom. The number of nitrogens with one attached hydrogen (secondary N) is 1. The Hall–Kier alpha value is -0.320. The van der Waals surface area contributed by atoms with Crippen molar-refractivity contribution in [3.05, 3.63) is 27.6 Å². The highest BCUT2D eigenvalue weighted by atomic mass is 127.